The van der Waals surface area contributed by atoms with E-state index in [1.165, 1.54) is 24.3 Å². The number of carbonyl (C=O) groups excluding carboxylic acids is 1. The van der Waals surface area contributed by atoms with Crippen molar-refractivity contribution < 1.29 is 27.6 Å². The lowest BCUT2D eigenvalue weighted by Gasteiger charge is -2.03. The summed E-state index contributed by atoms with van der Waals surface area (Å²) in [5.41, 5.74) is 6.24. The molecule has 1 heterocycles. The zero-order valence-corrected chi connectivity index (χ0v) is 13.3. The lowest BCUT2D eigenvalue weighted by atomic mass is 10.2. The van der Waals surface area contributed by atoms with E-state index in [9.17, 15) is 13.6 Å². The largest absolute Gasteiger partial charge is 0.484 e. The Morgan fingerprint density at radius 2 is 1.65 bits per heavy atom. The number of hydrogen-bond acceptors (Lipinski definition) is 6. The van der Waals surface area contributed by atoms with E-state index in [0.29, 0.717) is 22.7 Å². The Hall–Kier alpha value is -3.49. The normalized spacial score (nSPS) is 10.7. The summed E-state index contributed by atoms with van der Waals surface area (Å²) in [6.45, 7) is -3.09. The second-order valence-corrected chi connectivity index (χ2v) is 5.11. The first kappa shape index (κ1) is 17.3. The highest BCUT2D eigenvalue weighted by Crippen LogP contribution is 2.25. The van der Waals surface area contributed by atoms with Crippen molar-refractivity contribution in [3.05, 3.63) is 48.5 Å². The summed E-state index contributed by atoms with van der Waals surface area (Å²) in [7, 11) is 0. The molecule has 2 N–H and O–H groups in total. The molecule has 0 fully saturated rings. The fraction of sp³-hybridized carbons (Fsp3) is 0.118. The number of nitrogens with two attached hydrogens (primary N) is 1. The highest BCUT2D eigenvalue weighted by atomic mass is 19.3. The smallest absolute Gasteiger partial charge is 0.387 e. The fourth-order valence-electron chi connectivity index (χ4n) is 2.09. The van der Waals surface area contributed by atoms with Crippen molar-refractivity contribution in [3.63, 3.8) is 0 Å². The van der Waals surface area contributed by atoms with E-state index in [1.807, 2.05) is 0 Å². The molecule has 7 nitrogen and oxygen atoms in total. The van der Waals surface area contributed by atoms with Crippen molar-refractivity contribution in [2.75, 3.05) is 6.61 Å². The number of rotatable bonds is 7. The van der Waals surface area contributed by atoms with Crippen LogP contribution >= 0.6 is 0 Å². The molecule has 0 bridgehead atoms. The first-order chi connectivity index (χ1) is 12.5. The van der Waals surface area contributed by atoms with E-state index in [4.69, 9.17) is 15.0 Å². The van der Waals surface area contributed by atoms with Gasteiger partial charge < -0.3 is 19.7 Å². The Morgan fingerprint density at radius 1 is 1.04 bits per heavy atom. The monoisotopic (exact) mass is 361 g/mol. The molecule has 0 radical (unpaired) electrons. The van der Waals surface area contributed by atoms with Gasteiger partial charge in [0.05, 0.1) is 0 Å². The molecular formula is C17H13F2N3O4. The standard InChI is InChI=1S/C17H13F2N3O4/c18-17(19)25-13-7-3-11(4-8-13)16-21-15(22-26-16)10-1-5-12(6-2-10)24-9-14(20)23/h1-8,17H,9H2,(H2,20,23). The Morgan fingerprint density at radius 3 is 2.27 bits per heavy atom. The third kappa shape index (κ3) is 4.32. The molecule has 1 amide bonds. The van der Waals surface area contributed by atoms with Crippen molar-refractivity contribution >= 4 is 5.91 Å². The maximum atomic E-state index is 12.2. The van der Waals surface area contributed by atoms with Crippen LogP contribution in [0.15, 0.2) is 53.1 Å². The predicted octanol–water partition coefficient (Wildman–Crippen LogP) is 2.87. The number of carbonyl (C=O) groups is 1. The van der Waals surface area contributed by atoms with Crippen molar-refractivity contribution in [2.24, 2.45) is 5.73 Å². The van der Waals surface area contributed by atoms with E-state index >= 15 is 0 Å². The van der Waals surface area contributed by atoms with Crippen molar-refractivity contribution in [1.29, 1.82) is 0 Å². The molecule has 0 spiro atoms. The molecule has 0 aliphatic carbocycles. The van der Waals surface area contributed by atoms with Crippen LogP contribution in [0.2, 0.25) is 0 Å². The number of amides is 1. The van der Waals surface area contributed by atoms with Gasteiger partial charge in [0.15, 0.2) is 6.61 Å². The van der Waals surface area contributed by atoms with Crippen LogP contribution in [0.1, 0.15) is 0 Å². The summed E-state index contributed by atoms with van der Waals surface area (Å²) in [6, 6.07) is 12.5. The molecule has 3 aromatic rings. The molecule has 3 rings (SSSR count). The second-order valence-electron chi connectivity index (χ2n) is 5.11. The average Bonchev–Trinajstić information content (AvgIpc) is 3.10. The van der Waals surface area contributed by atoms with Crippen LogP contribution in [0, 0.1) is 0 Å². The molecule has 0 saturated heterocycles. The minimum atomic E-state index is -2.88. The van der Waals surface area contributed by atoms with Gasteiger partial charge in [0.1, 0.15) is 11.5 Å². The van der Waals surface area contributed by atoms with Crippen molar-refractivity contribution in [2.45, 2.75) is 6.61 Å². The number of hydrogen-bond donors (Lipinski definition) is 1. The van der Waals surface area contributed by atoms with Gasteiger partial charge in [-0.2, -0.15) is 13.8 Å². The van der Waals surface area contributed by atoms with Gasteiger partial charge in [0.25, 0.3) is 11.8 Å². The van der Waals surface area contributed by atoms with Gasteiger partial charge in [0.2, 0.25) is 5.82 Å². The number of alkyl halides is 2. The van der Waals surface area contributed by atoms with Crippen LogP contribution in [-0.4, -0.2) is 29.3 Å². The number of ether oxygens (including phenoxy) is 2. The minimum absolute atomic E-state index is 0.0371. The summed E-state index contributed by atoms with van der Waals surface area (Å²) in [6.07, 6.45) is 0. The molecule has 134 valence electrons. The Bertz CT molecular complexity index is 880. The Balaban J connectivity index is 1.72. The zero-order chi connectivity index (χ0) is 18.5. The third-order valence-corrected chi connectivity index (χ3v) is 3.25. The molecule has 26 heavy (non-hydrogen) atoms. The van der Waals surface area contributed by atoms with Crippen LogP contribution in [0.5, 0.6) is 11.5 Å². The van der Waals surface area contributed by atoms with E-state index in [2.05, 4.69) is 14.9 Å². The zero-order valence-electron chi connectivity index (χ0n) is 13.3. The molecule has 0 aliphatic heterocycles. The van der Waals surface area contributed by atoms with Crippen LogP contribution in [0.25, 0.3) is 22.8 Å². The molecule has 9 heteroatoms. The fourth-order valence-corrected chi connectivity index (χ4v) is 2.09. The maximum absolute atomic E-state index is 12.2. The van der Waals surface area contributed by atoms with Crippen LogP contribution < -0.4 is 15.2 Å². The van der Waals surface area contributed by atoms with E-state index < -0.39 is 12.5 Å². The van der Waals surface area contributed by atoms with Gasteiger partial charge in [-0.05, 0) is 48.5 Å². The van der Waals surface area contributed by atoms with E-state index in [-0.39, 0.29) is 18.2 Å². The van der Waals surface area contributed by atoms with E-state index in [1.54, 1.807) is 24.3 Å². The highest BCUT2D eigenvalue weighted by molar-refractivity contribution is 5.75. The first-order valence-corrected chi connectivity index (χ1v) is 7.42. The number of nitrogens with zero attached hydrogens (tertiary/aromatic N) is 2. The van der Waals surface area contributed by atoms with Gasteiger partial charge in [-0.25, -0.2) is 0 Å². The van der Waals surface area contributed by atoms with Crippen LogP contribution in [0.3, 0.4) is 0 Å². The average molecular weight is 361 g/mol. The first-order valence-electron chi connectivity index (χ1n) is 7.42. The number of halogens is 2. The second kappa shape index (κ2) is 7.60. The summed E-state index contributed by atoms with van der Waals surface area (Å²) in [5, 5.41) is 3.89. The lowest BCUT2D eigenvalue weighted by Crippen LogP contribution is -2.19. The predicted molar refractivity (Wildman–Crippen MR) is 86.5 cm³/mol. The SMILES string of the molecule is NC(=O)COc1ccc(-c2noc(-c3ccc(OC(F)F)cc3)n2)cc1. The topological polar surface area (TPSA) is 100 Å². The van der Waals surface area contributed by atoms with Crippen LogP contribution in [-0.2, 0) is 4.79 Å². The Kier molecular flexibility index (Phi) is 5.07. The van der Waals surface area contributed by atoms with Crippen molar-refractivity contribution in [1.82, 2.24) is 10.1 Å². The molecular weight excluding hydrogens is 348 g/mol. The number of benzene rings is 2. The molecule has 2 aromatic carbocycles. The quantitative estimate of drug-likeness (QED) is 0.694. The summed E-state index contributed by atoms with van der Waals surface area (Å²) < 4.78 is 39.0. The molecule has 0 aliphatic rings. The van der Waals surface area contributed by atoms with Gasteiger partial charge in [-0.3, -0.25) is 4.79 Å². The van der Waals surface area contributed by atoms with Gasteiger partial charge in [-0.1, -0.05) is 5.16 Å². The van der Waals surface area contributed by atoms with Gasteiger partial charge in [-0.15, -0.1) is 0 Å². The molecule has 0 saturated carbocycles. The molecule has 0 unspecified atom stereocenters. The number of primary amides is 1. The summed E-state index contributed by atoms with van der Waals surface area (Å²) >= 11 is 0. The van der Waals surface area contributed by atoms with Crippen molar-refractivity contribution in [3.8, 4) is 34.3 Å². The van der Waals surface area contributed by atoms with E-state index in [0.717, 1.165) is 0 Å². The third-order valence-electron chi connectivity index (χ3n) is 3.25. The summed E-state index contributed by atoms with van der Waals surface area (Å²) in [4.78, 5) is 15.0. The molecule has 1 aromatic heterocycles. The van der Waals surface area contributed by atoms with Crippen LogP contribution in [0.4, 0.5) is 8.78 Å². The molecule has 0 atom stereocenters. The number of aromatic nitrogens is 2. The minimum Gasteiger partial charge on any atom is -0.484 e. The van der Waals surface area contributed by atoms with Gasteiger partial charge >= 0.3 is 6.61 Å². The summed E-state index contributed by atoms with van der Waals surface area (Å²) in [5.74, 6) is 0.523. The Labute approximate surface area is 146 Å². The highest BCUT2D eigenvalue weighted by Gasteiger charge is 2.12. The lowest BCUT2D eigenvalue weighted by molar-refractivity contribution is -0.119. The maximum Gasteiger partial charge on any atom is 0.387 e. The van der Waals surface area contributed by atoms with Gasteiger partial charge in [0, 0.05) is 11.1 Å².